The SMILES string of the molecule is CCN1CCN(C(=O)C[C@@H](N)C(=O)C[C@H]2Cc3cccc(C(=O)O)c3OB2O)C(=O)C1=O. The Morgan fingerprint density at radius 2 is 1.97 bits per heavy atom. The number of imide groups is 1. The summed E-state index contributed by atoms with van der Waals surface area (Å²) in [6.45, 7) is 2.34. The summed E-state index contributed by atoms with van der Waals surface area (Å²) in [4.78, 5) is 62.6. The molecule has 0 unspecified atom stereocenters. The van der Waals surface area contributed by atoms with Crippen molar-refractivity contribution in [2.45, 2.75) is 38.0 Å². The number of ketones is 1. The van der Waals surface area contributed by atoms with Gasteiger partial charge in [0.15, 0.2) is 0 Å². The number of hydrogen-bond acceptors (Lipinski definition) is 8. The van der Waals surface area contributed by atoms with E-state index in [0.29, 0.717) is 12.1 Å². The maximum absolute atomic E-state index is 12.6. The van der Waals surface area contributed by atoms with E-state index in [1.807, 2.05) is 0 Å². The van der Waals surface area contributed by atoms with Crippen molar-refractivity contribution in [1.82, 2.24) is 9.80 Å². The third-order valence-electron chi connectivity index (χ3n) is 5.71. The number of nitrogens with two attached hydrogens (primary N) is 1. The molecule has 0 aromatic heterocycles. The van der Waals surface area contributed by atoms with Crippen molar-refractivity contribution < 1.29 is 38.8 Å². The molecular formula is C20H24BN3O8. The summed E-state index contributed by atoms with van der Waals surface area (Å²) >= 11 is 0. The fourth-order valence-electron chi connectivity index (χ4n) is 3.86. The van der Waals surface area contributed by atoms with Crippen LogP contribution < -0.4 is 10.4 Å². The highest BCUT2D eigenvalue weighted by Gasteiger charge is 2.40. The molecule has 4 N–H and O–H groups in total. The number of nitrogens with zero attached hydrogens (tertiary/aromatic N) is 2. The Morgan fingerprint density at radius 3 is 2.62 bits per heavy atom. The number of likely N-dealkylation sites (N-methyl/N-ethyl adjacent to an activating group) is 1. The van der Waals surface area contributed by atoms with Crippen molar-refractivity contribution in [3.63, 3.8) is 0 Å². The van der Waals surface area contributed by atoms with Crippen LogP contribution in [0, 0.1) is 0 Å². The molecular weight excluding hydrogens is 421 g/mol. The third kappa shape index (κ3) is 4.65. The van der Waals surface area contributed by atoms with E-state index in [1.165, 1.54) is 11.0 Å². The Morgan fingerprint density at radius 1 is 1.25 bits per heavy atom. The van der Waals surface area contributed by atoms with E-state index in [9.17, 15) is 34.1 Å². The molecule has 0 bridgehead atoms. The normalized spacial score (nSPS) is 19.3. The van der Waals surface area contributed by atoms with Gasteiger partial charge >= 0.3 is 24.9 Å². The van der Waals surface area contributed by atoms with Gasteiger partial charge in [-0.3, -0.25) is 24.1 Å². The van der Waals surface area contributed by atoms with Crippen molar-refractivity contribution in [3.8, 4) is 5.75 Å². The lowest BCUT2D eigenvalue weighted by atomic mass is 9.64. The standard InChI is InChI=1S/C20H24BN3O8/c1-2-23-6-7-24(19(28)18(23)27)16(26)10-14(22)15(25)9-12-8-11-4-3-5-13(20(29)30)17(11)32-21(12)31/h3-5,12,14,31H,2,6-10,22H2,1H3,(H,29,30)/t12-,14-/m1/s1. The van der Waals surface area contributed by atoms with Crippen LogP contribution in [0.5, 0.6) is 5.75 Å². The van der Waals surface area contributed by atoms with Crippen LogP contribution in [0.15, 0.2) is 18.2 Å². The Balaban J connectivity index is 1.61. The molecule has 0 saturated carbocycles. The number of rotatable bonds is 7. The summed E-state index contributed by atoms with van der Waals surface area (Å²) in [5.74, 6) is -4.76. The number of carboxylic acids is 1. The van der Waals surface area contributed by atoms with Crippen LogP contribution in [0.3, 0.4) is 0 Å². The molecule has 1 saturated heterocycles. The number of amides is 3. The van der Waals surface area contributed by atoms with E-state index in [1.54, 1.807) is 19.1 Å². The summed E-state index contributed by atoms with van der Waals surface area (Å²) in [6, 6.07) is 3.32. The number of carboxylic acid groups (broad SMARTS) is 1. The zero-order valence-corrected chi connectivity index (χ0v) is 17.5. The lowest BCUT2D eigenvalue weighted by Gasteiger charge is -2.32. The van der Waals surface area contributed by atoms with Gasteiger partial charge in [-0.25, -0.2) is 4.79 Å². The molecule has 1 aromatic rings. The fourth-order valence-corrected chi connectivity index (χ4v) is 3.86. The van der Waals surface area contributed by atoms with Crippen molar-refractivity contribution in [2.24, 2.45) is 5.73 Å². The lowest BCUT2D eigenvalue weighted by Crippen LogP contribution is -2.56. The first-order valence-corrected chi connectivity index (χ1v) is 10.3. The summed E-state index contributed by atoms with van der Waals surface area (Å²) in [7, 11) is -1.42. The third-order valence-corrected chi connectivity index (χ3v) is 5.71. The quantitative estimate of drug-likeness (QED) is 0.355. The minimum atomic E-state index is -1.42. The van der Waals surface area contributed by atoms with Gasteiger partial charge in [0.2, 0.25) is 5.91 Å². The van der Waals surface area contributed by atoms with Crippen molar-refractivity contribution >= 4 is 36.6 Å². The van der Waals surface area contributed by atoms with Gasteiger partial charge in [0.05, 0.1) is 11.6 Å². The molecule has 0 radical (unpaired) electrons. The first-order valence-electron chi connectivity index (χ1n) is 10.3. The van der Waals surface area contributed by atoms with E-state index in [0.717, 1.165) is 4.90 Å². The predicted molar refractivity (Wildman–Crippen MR) is 111 cm³/mol. The molecule has 1 fully saturated rings. The van der Waals surface area contributed by atoms with Crippen LogP contribution in [0.2, 0.25) is 5.82 Å². The minimum Gasteiger partial charge on any atom is -0.535 e. The van der Waals surface area contributed by atoms with Gasteiger partial charge in [-0.2, -0.15) is 0 Å². The zero-order chi connectivity index (χ0) is 23.6. The minimum absolute atomic E-state index is 0.0377. The van der Waals surface area contributed by atoms with Gasteiger partial charge in [0, 0.05) is 38.3 Å². The highest BCUT2D eigenvalue weighted by molar-refractivity contribution is 6.47. The molecule has 12 heteroatoms. The molecule has 2 heterocycles. The van der Waals surface area contributed by atoms with Crippen molar-refractivity contribution in [1.29, 1.82) is 0 Å². The maximum Gasteiger partial charge on any atom is 0.526 e. The second kappa shape index (κ2) is 9.49. The van der Waals surface area contributed by atoms with E-state index in [4.69, 9.17) is 10.4 Å². The highest BCUT2D eigenvalue weighted by atomic mass is 16.5. The molecule has 3 amide bonds. The smallest absolute Gasteiger partial charge is 0.526 e. The van der Waals surface area contributed by atoms with Crippen LogP contribution in [-0.2, 0) is 25.6 Å². The van der Waals surface area contributed by atoms with E-state index in [-0.39, 0.29) is 37.2 Å². The van der Waals surface area contributed by atoms with Gasteiger partial charge in [-0.1, -0.05) is 12.1 Å². The van der Waals surface area contributed by atoms with Crippen LogP contribution in [0.1, 0.15) is 35.7 Å². The van der Waals surface area contributed by atoms with Gasteiger partial charge in [-0.05, 0) is 25.0 Å². The van der Waals surface area contributed by atoms with Crippen LogP contribution in [0.25, 0.3) is 0 Å². The van der Waals surface area contributed by atoms with Crippen LogP contribution in [-0.4, -0.2) is 82.2 Å². The number of para-hydroxylation sites is 1. The number of carbonyl (C=O) groups is 5. The number of Topliss-reactive ketones (excluding diaryl/α,β-unsaturated/α-hetero) is 1. The average Bonchev–Trinajstić information content (AvgIpc) is 2.75. The number of hydrogen-bond donors (Lipinski definition) is 3. The summed E-state index contributed by atoms with van der Waals surface area (Å²) in [5, 5.41) is 19.5. The first-order chi connectivity index (χ1) is 15.1. The fraction of sp³-hybridized carbons (Fsp3) is 0.450. The lowest BCUT2D eigenvalue weighted by molar-refractivity contribution is -0.161. The zero-order valence-electron chi connectivity index (χ0n) is 17.5. The molecule has 3 rings (SSSR count). The number of carbonyl (C=O) groups excluding carboxylic acids is 4. The number of fused-ring (bicyclic) bond motifs is 1. The molecule has 170 valence electrons. The molecule has 1 aromatic carbocycles. The summed E-state index contributed by atoms with van der Waals surface area (Å²) in [5.41, 5.74) is 6.33. The second-order valence-electron chi connectivity index (χ2n) is 7.79. The summed E-state index contributed by atoms with van der Waals surface area (Å²) in [6.07, 6.45) is -0.466. The molecule has 0 aliphatic carbocycles. The Hall–Kier alpha value is -3.25. The van der Waals surface area contributed by atoms with E-state index >= 15 is 0 Å². The largest absolute Gasteiger partial charge is 0.535 e. The van der Waals surface area contributed by atoms with Gasteiger partial charge in [-0.15, -0.1) is 0 Å². The number of benzene rings is 1. The first kappa shape index (κ1) is 23.4. The molecule has 0 spiro atoms. The number of piperazine rings is 1. The highest BCUT2D eigenvalue weighted by Crippen LogP contribution is 2.36. The Bertz CT molecular complexity index is 968. The van der Waals surface area contributed by atoms with E-state index in [2.05, 4.69) is 0 Å². The van der Waals surface area contributed by atoms with Gasteiger partial charge in [0.25, 0.3) is 0 Å². The molecule has 32 heavy (non-hydrogen) atoms. The van der Waals surface area contributed by atoms with Crippen LogP contribution in [0.4, 0.5) is 0 Å². The van der Waals surface area contributed by atoms with Gasteiger partial charge in [0.1, 0.15) is 11.5 Å². The Labute approximate surface area is 184 Å². The molecule has 2 atom stereocenters. The summed E-state index contributed by atoms with van der Waals surface area (Å²) < 4.78 is 5.36. The predicted octanol–water partition coefficient (Wildman–Crippen LogP) is -0.936. The maximum atomic E-state index is 12.6. The van der Waals surface area contributed by atoms with E-state index < -0.39 is 54.9 Å². The average molecular weight is 445 g/mol. The Kier molecular flexibility index (Phi) is 6.95. The molecule has 2 aliphatic rings. The van der Waals surface area contributed by atoms with Gasteiger partial charge < -0.3 is 25.4 Å². The molecule has 11 nitrogen and oxygen atoms in total. The monoisotopic (exact) mass is 445 g/mol. The molecule has 2 aliphatic heterocycles. The van der Waals surface area contributed by atoms with Crippen molar-refractivity contribution in [2.75, 3.05) is 19.6 Å². The second-order valence-corrected chi connectivity index (χ2v) is 7.79. The number of aromatic carboxylic acids is 1. The topological polar surface area (TPSA) is 168 Å². The van der Waals surface area contributed by atoms with Crippen molar-refractivity contribution in [3.05, 3.63) is 29.3 Å². The van der Waals surface area contributed by atoms with Crippen LogP contribution >= 0.6 is 0 Å².